The second-order valence-electron chi connectivity index (χ2n) is 5.68. The van der Waals surface area contributed by atoms with E-state index >= 15 is 0 Å². The van der Waals surface area contributed by atoms with Crippen LogP contribution in [0, 0.1) is 0 Å². The van der Waals surface area contributed by atoms with Gasteiger partial charge in [-0.2, -0.15) is 0 Å². The lowest BCUT2D eigenvalue weighted by atomic mass is 10.2. The molecule has 3 rings (SSSR count). The average molecular weight is 364 g/mol. The van der Waals surface area contributed by atoms with Crippen LogP contribution in [0.5, 0.6) is 11.5 Å². The topological polar surface area (TPSA) is 76.6 Å². The molecule has 1 heterocycles. The van der Waals surface area contributed by atoms with Gasteiger partial charge in [-0.05, 0) is 24.3 Å². The van der Waals surface area contributed by atoms with Gasteiger partial charge in [0, 0.05) is 30.6 Å². The van der Waals surface area contributed by atoms with Crippen LogP contribution in [0.15, 0.2) is 60.9 Å². The zero-order chi connectivity index (χ0) is 19.2. The molecule has 1 amide bonds. The largest absolute Gasteiger partial charge is 0.493 e. The van der Waals surface area contributed by atoms with Crippen molar-refractivity contribution in [3.8, 4) is 11.5 Å². The van der Waals surface area contributed by atoms with E-state index < -0.39 is 0 Å². The number of carbonyl (C=O) groups excluding carboxylic acids is 1. The van der Waals surface area contributed by atoms with Gasteiger partial charge >= 0.3 is 0 Å². The summed E-state index contributed by atoms with van der Waals surface area (Å²) in [7, 11) is 4.98. The number of aromatic nitrogens is 2. The van der Waals surface area contributed by atoms with Crippen LogP contribution in [0.3, 0.4) is 0 Å². The van der Waals surface area contributed by atoms with Crippen LogP contribution in [0.1, 0.15) is 10.5 Å². The first-order chi connectivity index (χ1) is 13.1. The van der Waals surface area contributed by atoms with Gasteiger partial charge in [-0.15, -0.1) is 0 Å². The fourth-order valence-corrected chi connectivity index (χ4v) is 2.55. The summed E-state index contributed by atoms with van der Waals surface area (Å²) in [5, 5.41) is 2.81. The Morgan fingerprint density at radius 2 is 1.70 bits per heavy atom. The van der Waals surface area contributed by atoms with Crippen molar-refractivity contribution in [3.05, 3.63) is 66.6 Å². The lowest BCUT2D eigenvalue weighted by molar-refractivity contribution is 0.102. The summed E-state index contributed by atoms with van der Waals surface area (Å²) in [6.45, 7) is 0. The van der Waals surface area contributed by atoms with Crippen molar-refractivity contribution in [1.29, 1.82) is 0 Å². The molecule has 0 fully saturated rings. The Labute approximate surface area is 157 Å². The van der Waals surface area contributed by atoms with Crippen molar-refractivity contribution in [2.45, 2.75) is 0 Å². The Kier molecular flexibility index (Phi) is 5.51. The maximum Gasteiger partial charge on any atom is 0.274 e. The molecule has 3 aromatic rings. The van der Waals surface area contributed by atoms with E-state index in [2.05, 4.69) is 15.3 Å². The first-order valence-corrected chi connectivity index (χ1v) is 8.26. The van der Waals surface area contributed by atoms with E-state index in [4.69, 9.17) is 9.47 Å². The number of hydrogen-bond acceptors (Lipinski definition) is 6. The zero-order valence-corrected chi connectivity index (χ0v) is 15.3. The van der Waals surface area contributed by atoms with Gasteiger partial charge in [0.15, 0.2) is 11.5 Å². The van der Waals surface area contributed by atoms with Crippen molar-refractivity contribution >= 4 is 23.1 Å². The summed E-state index contributed by atoms with van der Waals surface area (Å²) < 4.78 is 10.5. The van der Waals surface area contributed by atoms with Gasteiger partial charge in [-0.3, -0.25) is 4.79 Å². The number of carbonyl (C=O) groups is 1. The highest BCUT2D eigenvalue weighted by atomic mass is 16.5. The summed E-state index contributed by atoms with van der Waals surface area (Å²) in [4.78, 5) is 22.8. The summed E-state index contributed by atoms with van der Waals surface area (Å²) in [6.07, 6.45) is 1.37. The maximum absolute atomic E-state index is 12.6. The first kappa shape index (κ1) is 18.2. The molecule has 0 radical (unpaired) electrons. The average Bonchev–Trinajstić information content (AvgIpc) is 2.73. The highest BCUT2D eigenvalue weighted by Crippen LogP contribution is 2.30. The third-order valence-electron chi connectivity index (χ3n) is 4.01. The van der Waals surface area contributed by atoms with Crippen molar-refractivity contribution in [2.75, 3.05) is 31.5 Å². The molecule has 0 aliphatic heterocycles. The third kappa shape index (κ3) is 4.14. The second kappa shape index (κ2) is 8.18. The quantitative estimate of drug-likeness (QED) is 0.721. The highest BCUT2D eigenvalue weighted by molar-refractivity contribution is 6.03. The molecule has 0 saturated heterocycles. The van der Waals surface area contributed by atoms with Crippen molar-refractivity contribution in [2.24, 2.45) is 0 Å². The van der Waals surface area contributed by atoms with E-state index in [1.54, 1.807) is 38.5 Å². The predicted octanol–water partition coefficient (Wildman–Crippen LogP) is 3.51. The van der Waals surface area contributed by atoms with Crippen LogP contribution in [0.2, 0.25) is 0 Å². The lowest BCUT2D eigenvalue weighted by Crippen LogP contribution is -2.17. The molecule has 0 spiro atoms. The molecule has 0 atom stereocenters. The molecule has 27 heavy (non-hydrogen) atoms. The molecule has 0 unspecified atom stereocenters. The van der Waals surface area contributed by atoms with Gasteiger partial charge in [0.2, 0.25) is 0 Å². The van der Waals surface area contributed by atoms with Crippen LogP contribution in [-0.4, -0.2) is 37.1 Å². The smallest absolute Gasteiger partial charge is 0.274 e. The molecule has 138 valence electrons. The highest BCUT2D eigenvalue weighted by Gasteiger charge is 2.13. The van der Waals surface area contributed by atoms with E-state index in [0.717, 1.165) is 5.69 Å². The summed E-state index contributed by atoms with van der Waals surface area (Å²) >= 11 is 0. The minimum absolute atomic E-state index is 0.262. The zero-order valence-electron chi connectivity index (χ0n) is 15.3. The number of methoxy groups -OCH3 is 2. The molecular formula is C20H20N4O3. The molecule has 0 bridgehead atoms. The molecule has 2 aromatic carbocycles. The standard InChI is InChI=1S/C20H20N4O3/c1-24(15-7-5-4-6-8-15)19-12-16(21-13-22-19)20(25)23-14-9-10-17(26-2)18(11-14)27-3/h4-13H,1-3H3,(H,23,25). The Morgan fingerprint density at radius 1 is 0.963 bits per heavy atom. The van der Waals surface area contributed by atoms with Crippen molar-refractivity contribution in [3.63, 3.8) is 0 Å². The van der Waals surface area contributed by atoms with Gasteiger partial charge in [-0.1, -0.05) is 18.2 Å². The van der Waals surface area contributed by atoms with Crippen LogP contribution < -0.4 is 19.7 Å². The number of nitrogens with one attached hydrogen (secondary N) is 1. The van der Waals surface area contributed by atoms with Crippen molar-refractivity contribution < 1.29 is 14.3 Å². The normalized spacial score (nSPS) is 10.2. The van der Waals surface area contributed by atoms with E-state index in [1.165, 1.54) is 6.33 Å². The van der Waals surface area contributed by atoms with Crippen LogP contribution >= 0.6 is 0 Å². The number of rotatable bonds is 6. The van der Waals surface area contributed by atoms with Crippen molar-refractivity contribution in [1.82, 2.24) is 9.97 Å². The lowest BCUT2D eigenvalue weighted by Gasteiger charge is -2.18. The molecule has 1 N–H and O–H groups in total. The molecular weight excluding hydrogens is 344 g/mol. The van der Waals surface area contributed by atoms with Crippen LogP contribution in [-0.2, 0) is 0 Å². The summed E-state index contributed by atoms with van der Waals surface area (Å²) in [5.41, 5.74) is 1.80. The summed E-state index contributed by atoms with van der Waals surface area (Å²) in [5.74, 6) is 1.40. The second-order valence-corrected chi connectivity index (χ2v) is 5.68. The number of nitrogens with zero attached hydrogens (tertiary/aromatic N) is 3. The van der Waals surface area contributed by atoms with Gasteiger partial charge in [0.1, 0.15) is 17.8 Å². The third-order valence-corrected chi connectivity index (χ3v) is 4.01. The Bertz CT molecular complexity index is 932. The van der Waals surface area contributed by atoms with Gasteiger partial charge in [-0.25, -0.2) is 9.97 Å². The Hall–Kier alpha value is -3.61. The molecule has 1 aromatic heterocycles. The number of amides is 1. The Balaban J connectivity index is 1.80. The van der Waals surface area contributed by atoms with E-state index in [9.17, 15) is 4.79 Å². The van der Waals surface area contributed by atoms with E-state index in [1.807, 2.05) is 42.3 Å². The van der Waals surface area contributed by atoms with Crippen LogP contribution in [0.25, 0.3) is 0 Å². The maximum atomic E-state index is 12.6. The minimum Gasteiger partial charge on any atom is -0.493 e. The predicted molar refractivity (Wildman–Crippen MR) is 104 cm³/mol. The van der Waals surface area contributed by atoms with E-state index in [-0.39, 0.29) is 11.6 Å². The fourth-order valence-electron chi connectivity index (χ4n) is 2.55. The SMILES string of the molecule is COc1ccc(NC(=O)c2cc(N(C)c3ccccc3)ncn2)cc1OC. The molecule has 7 nitrogen and oxygen atoms in total. The van der Waals surface area contributed by atoms with Gasteiger partial charge in [0.05, 0.1) is 14.2 Å². The number of benzene rings is 2. The fraction of sp³-hybridized carbons (Fsp3) is 0.150. The molecule has 0 saturated carbocycles. The number of hydrogen-bond donors (Lipinski definition) is 1. The van der Waals surface area contributed by atoms with Gasteiger partial charge < -0.3 is 19.7 Å². The molecule has 0 aliphatic rings. The monoisotopic (exact) mass is 364 g/mol. The minimum atomic E-state index is -0.340. The number of para-hydroxylation sites is 1. The summed E-state index contributed by atoms with van der Waals surface area (Å²) in [6, 6.07) is 16.5. The molecule has 0 aliphatic carbocycles. The number of ether oxygens (including phenoxy) is 2. The molecule has 7 heteroatoms. The number of anilines is 3. The Morgan fingerprint density at radius 3 is 2.41 bits per heavy atom. The van der Waals surface area contributed by atoms with Gasteiger partial charge in [0.25, 0.3) is 5.91 Å². The first-order valence-electron chi connectivity index (χ1n) is 8.26. The van der Waals surface area contributed by atoms with Crippen LogP contribution in [0.4, 0.5) is 17.2 Å². The van der Waals surface area contributed by atoms with E-state index in [0.29, 0.717) is 23.0 Å².